The van der Waals surface area contributed by atoms with E-state index in [0.717, 1.165) is 15.8 Å². The van der Waals surface area contributed by atoms with Crippen LogP contribution in [0.4, 0.5) is 5.13 Å². The minimum Gasteiger partial charge on any atom is -0.507 e. The smallest absolute Gasteiger partial charge is 0.301 e. The second-order valence-corrected chi connectivity index (χ2v) is 9.15. The Morgan fingerprint density at radius 1 is 0.971 bits per heavy atom. The zero-order valence-corrected chi connectivity index (χ0v) is 20.1. The second kappa shape index (κ2) is 8.88. The van der Waals surface area contributed by atoms with Gasteiger partial charge in [-0.05, 0) is 66.6 Å². The number of methoxy groups -OCH3 is 2. The van der Waals surface area contributed by atoms with Gasteiger partial charge in [-0.3, -0.25) is 14.5 Å². The van der Waals surface area contributed by atoms with Crippen LogP contribution in [0, 0.1) is 6.92 Å². The van der Waals surface area contributed by atoms with Gasteiger partial charge in [0.1, 0.15) is 17.3 Å². The zero-order chi connectivity index (χ0) is 24.7. The molecule has 1 saturated heterocycles. The monoisotopic (exact) mass is 486 g/mol. The van der Waals surface area contributed by atoms with Gasteiger partial charge in [-0.1, -0.05) is 29.5 Å². The number of fused-ring (bicyclic) bond motifs is 1. The van der Waals surface area contributed by atoms with Gasteiger partial charge in [0.2, 0.25) is 0 Å². The first-order valence-corrected chi connectivity index (χ1v) is 11.7. The van der Waals surface area contributed by atoms with Crippen molar-refractivity contribution in [1.82, 2.24) is 4.98 Å². The SMILES string of the molecule is COc1ccc(C(O)=C2C(=O)C(=O)N(c3nc4ccc(C)cc4s3)[C@@H]2c2cccc(OC)c2)cc1. The van der Waals surface area contributed by atoms with E-state index in [4.69, 9.17) is 9.47 Å². The number of anilines is 1. The third-order valence-electron chi connectivity index (χ3n) is 5.96. The third kappa shape index (κ3) is 3.91. The second-order valence-electron chi connectivity index (χ2n) is 8.14. The molecule has 176 valence electrons. The van der Waals surface area contributed by atoms with Crippen LogP contribution in [-0.2, 0) is 9.59 Å². The summed E-state index contributed by atoms with van der Waals surface area (Å²) in [6, 6.07) is 18.7. The maximum Gasteiger partial charge on any atom is 0.301 e. The molecule has 1 aliphatic rings. The summed E-state index contributed by atoms with van der Waals surface area (Å²) in [6.07, 6.45) is 0. The molecule has 0 aliphatic carbocycles. The first kappa shape index (κ1) is 22.6. The molecule has 4 aromatic rings. The van der Waals surface area contributed by atoms with Crippen LogP contribution < -0.4 is 14.4 Å². The zero-order valence-electron chi connectivity index (χ0n) is 19.3. The topological polar surface area (TPSA) is 89.0 Å². The summed E-state index contributed by atoms with van der Waals surface area (Å²) in [7, 11) is 3.09. The van der Waals surface area contributed by atoms with E-state index in [2.05, 4.69) is 4.98 Å². The van der Waals surface area contributed by atoms with Gasteiger partial charge in [0.05, 0.1) is 36.1 Å². The summed E-state index contributed by atoms with van der Waals surface area (Å²) in [5, 5.41) is 11.6. The number of aliphatic hydroxyl groups excluding tert-OH is 1. The molecule has 35 heavy (non-hydrogen) atoms. The van der Waals surface area contributed by atoms with Gasteiger partial charge < -0.3 is 14.6 Å². The number of carbonyl (C=O) groups excluding carboxylic acids is 2. The fourth-order valence-electron chi connectivity index (χ4n) is 4.18. The first-order valence-electron chi connectivity index (χ1n) is 10.9. The quantitative estimate of drug-likeness (QED) is 0.236. The highest BCUT2D eigenvalue weighted by Crippen LogP contribution is 2.45. The average molecular weight is 487 g/mol. The van der Waals surface area contributed by atoms with Crippen LogP contribution in [-0.4, -0.2) is 36.0 Å². The lowest BCUT2D eigenvalue weighted by Crippen LogP contribution is -2.29. The minimum atomic E-state index is -0.881. The number of ether oxygens (including phenoxy) is 2. The Labute approximate surface area is 205 Å². The Bertz CT molecular complexity index is 1490. The van der Waals surface area contributed by atoms with Gasteiger partial charge >= 0.3 is 5.91 Å². The summed E-state index contributed by atoms with van der Waals surface area (Å²) >= 11 is 1.33. The third-order valence-corrected chi connectivity index (χ3v) is 6.97. The van der Waals surface area contributed by atoms with E-state index in [1.54, 1.807) is 62.8 Å². The number of ketones is 1. The molecule has 3 aromatic carbocycles. The van der Waals surface area contributed by atoms with Crippen molar-refractivity contribution in [2.45, 2.75) is 13.0 Å². The van der Waals surface area contributed by atoms with Crippen molar-refractivity contribution in [3.8, 4) is 11.5 Å². The molecular formula is C27H22N2O5S. The van der Waals surface area contributed by atoms with Gasteiger partial charge in [0.15, 0.2) is 5.13 Å². The number of aliphatic hydroxyl groups is 1. The van der Waals surface area contributed by atoms with Crippen molar-refractivity contribution in [2.24, 2.45) is 0 Å². The van der Waals surface area contributed by atoms with Crippen molar-refractivity contribution in [2.75, 3.05) is 19.1 Å². The fourth-order valence-corrected chi connectivity index (χ4v) is 5.27. The van der Waals surface area contributed by atoms with E-state index in [9.17, 15) is 14.7 Å². The molecule has 2 heterocycles. The molecule has 0 radical (unpaired) electrons. The highest BCUT2D eigenvalue weighted by atomic mass is 32.1. The lowest BCUT2D eigenvalue weighted by molar-refractivity contribution is -0.132. The molecule has 8 heteroatoms. The van der Waals surface area contributed by atoms with Crippen molar-refractivity contribution >= 4 is 44.1 Å². The van der Waals surface area contributed by atoms with E-state index < -0.39 is 17.7 Å². The van der Waals surface area contributed by atoms with E-state index >= 15 is 0 Å². The van der Waals surface area contributed by atoms with Gasteiger partial charge in [-0.15, -0.1) is 0 Å². The Kier molecular flexibility index (Phi) is 5.74. The summed E-state index contributed by atoms with van der Waals surface area (Å²) < 4.78 is 11.5. The Balaban J connectivity index is 1.72. The minimum absolute atomic E-state index is 0.0103. The molecule has 1 atom stereocenters. The Morgan fingerprint density at radius 3 is 2.43 bits per heavy atom. The maximum absolute atomic E-state index is 13.4. The van der Waals surface area contributed by atoms with E-state index in [-0.39, 0.29) is 11.3 Å². The molecule has 0 saturated carbocycles. The van der Waals surface area contributed by atoms with E-state index in [0.29, 0.717) is 27.8 Å². The standard InChI is InChI=1S/C27H22N2O5S/c1-15-7-12-20-21(13-15)35-27(28-20)29-23(17-5-4-6-19(14-17)34-3)22(25(31)26(29)32)24(30)16-8-10-18(33-2)11-9-16/h4-14,23,30H,1-3H3/t23-/m1/s1. The number of hydrogen-bond acceptors (Lipinski definition) is 7. The number of aromatic nitrogens is 1. The van der Waals surface area contributed by atoms with Crippen LogP contribution in [0.1, 0.15) is 22.7 Å². The summed E-state index contributed by atoms with van der Waals surface area (Å²) in [6.45, 7) is 1.98. The summed E-state index contributed by atoms with van der Waals surface area (Å²) in [4.78, 5) is 32.7. The normalized spacial score (nSPS) is 17.2. The van der Waals surface area contributed by atoms with Crippen molar-refractivity contribution in [1.29, 1.82) is 0 Å². The van der Waals surface area contributed by atoms with E-state index in [1.165, 1.54) is 16.2 Å². The maximum atomic E-state index is 13.4. The molecule has 0 spiro atoms. The lowest BCUT2D eigenvalue weighted by atomic mass is 9.95. The molecule has 7 nitrogen and oxygen atoms in total. The average Bonchev–Trinajstić information content (AvgIpc) is 3.41. The van der Waals surface area contributed by atoms with Gasteiger partial charge in [0.25, 0.3) is 5.78 Å². The van der Waals surface area contributed by atoms with Gasteiger partial charge in [0, 0.05) is 5.56 Å². The van der Waals surface area contributed by atoms with Crippen molar-refractivity contribution in [3.05, 3.63) is 89.0 Å². The van der Waals surface area contributed by atoms with Gasteiger partial charge in [-0.2, -0.15) is 0 Å². The predicted octanol–water partition coefficient (Wildman–Crippen LogP) is 5.25. The predicted molar refractivity (Wildman–Crippen MR) is 135 cm³/mol. The number of amides is 1. The lowest BCUT2D eigenvalue weighted by Gasteiger charge is -2.23. The van der Waals surface area contributed by atoms with Crippen LogP contribution in [0.15, 0.2) is 72.3 Å². The van der Waals surface area contributed by atoms with Crippen LogP contribution in [0.5, 0.6) is 11.5 Å². The highest BCUT2D eigenvalue weighted by molar-refractivity contribution is 7.22. The number of rotatable bonds is 5. The number of hydrogen-bond donors (Lipinski definition) is 1. The van der Waals surface area contributed by atoms with E-state index in [1.807, 2.05) is 25.1 Å². The summed E-state index contributed by atoms with van der Waals surface area (Å²) in [5.74, 6) is -0.614. The summed E-state index contributed by atoms with van der Waals surface area (Å²) in [5.41, 5.74) is 2.81. The molecule has 1 N–H and O–H groups in total. The Hall–Kier alpha value is -4.17. The number of benzene rings is 3. The fraction of sp³-hybridized carbons (Fsp3) is 0.148. The van der Waals surface area contributed by atoms with Gasteiger partial charge in [-0.25, -0.2) is 4.98 Å². The molecule has 1 aromatic heterocycles. The van der Waals surface area contributed by atoms with Crippen LogP contribution >= 0.6 is 11.3 Å². The number of nitrogens with zero attached hydrogens (tertiary/aromatic N) is 2. The van der Waals surface area contributed by atoms with Crippen LogP contribution in [0.2, 0.25) is 0 Å². The largest absolute Gasteiger partial charge is 0.507 e. The molecule has 5 rings (SSSR count). The highest BCUT2D eigenvalue weighted by Gasteiger charge is 2.48. The molecule has 1 amide bonds. The van der Waals surface area contributed by atoms with Crippen molar-refractivity contribution in [3.63, 3.8) is 0 Å². The molecule has 0 unspecified atom stereocenters. The number of thiazole rings is 1. The Morgan fingerprint density at radius 2 is 1.71 bits per heavy atom. The molecule has 1 fully saturated rings. The first-order chi connectivity index (χ1) is 16.9. The molecule has 0 bridgehead atoms. The molecular weight excluding hydrogens is 464 g/mol. The van der Waals surface area contributed by atoms with Crippen LogP contribution in [0.3, 0.4) is 0 Å². The number of carbonyl (C=O) groups is 2. The number of Topliss-reactive ketones (excluding diaryl/α,β-unsaturated/α-hetero) is 1. The van der Waals surface area contributed by atoms with Crippen LogP contribution in [0.25, 0.3) is 16.0 Å². The van der Waals surface area contributed by atoms with Crippen molar-refractivity contribution < 1.29 is 24.2 Å². The molecule has 1 aliphatic heterocycles. The number of aryl methyl sites for hydroxylation is 1.